The van der Waals surface area contributed by atoms with Gasteiger partial charge in [0.1, 0.15) is 5.82 Å². The molecule has 0 radical (unpaired) electrons. The zero-order valence-corrected chi connectivity index (χ0v) is 14.1. The van der Waals surface area contributed by atoms with Crippen molar-refractivity contribution in [2.24, 2.45) is 0 Å². The molecule has 0 atom stereocenters. The normalized spacial score (nSPS) is 10.7. The van der Waals surface area contributed by atoms with Crippen molar-refractivity contribution in [3.05, 3.63) is 35.2 Å². The number of benzene rings is 1. The maximum absolute atomic E-state index is 12.1. The maximum Gasteiger partial charge on any atom is 0.234 e. The lowest BCUT2D eigenvalue weighted by atomic mass is 10.1. The predicted octanol–water partition coefficient (Wildman–Crippen LogP) is 3.49. The Labute approximate surface area is 135 Å². The number of aromatic amines is 1. The summed E-state index contributed by atoms with van der Waals surface area (Å²) in [5.41, 5.74) is 3.03. The fourth-order valence-electron chi connectivity index (χ4n) is 2.12. The van der Waals surface area contributed by atoms with Gasteiger partial charge >= 0.3 is 0 Å². The van der Waals surface area contributed by atoms with Gasteiger partial charge in [-0.2, -0.15) is 0 Å². The lowest BCUT2D eigenvalue weighted by molar-refractivity contribution is -0.113. The summed E-state index contributed by atoms with van der Waals surface area (Å²) < 4.78 is 0. The highest BCUT2D eigenvalue weighted by molar-refractivity contribution is 7.99. The molecule has 0 aliphatic carbocycles. The predicted molar refractivity (Wildman–Crippen MR) is 90.3 cm³/mol. The van der Waals surface area contributed by atoms with Crippen LogP contribution in [-0.4, -0.2) is 26.8 Å². The minimum atomic E-state index is -0.0395. The van der Waals surface area contributed by atoms with Crippen LogP contribution in [0.1, 0.15) is 36.7 Å². The third kappa shape index (κ3) is 4.59. The van der Waals surface area contributed by atoms with E-state index in [4.69, 9.17) is 0 Å². The van der Waals surface area contributed by atoms with Crippen LogP contribution in [-0.2, 0) is 11.2 Å². The summed E-state index contributed by atoms with van der Waals surface area (Å²) in [5, 5.41) is 10.6. The third-order valence-corrected chi connectivity index (χ3v) is 4.20. The standard InChI is InChI=1S/C16H22N4OS/c1-4-5-9-13-17-16(20-19-13)22-10-14(21)18-15-11(2)7-6-8-12(15)3/h6-8H,4-5,9-10H2,1-3H3,(H,18,21)(H,17,19,20). The Kier molecular flexibility index (Phi) is 6.00. The molecular weight excluding hydrogens is 296 g/mol. The molecule has 2 rings (SSSR count). The van der Waals surface area contributed by atoms with Crippen LogP contribution in [0.4, 0.5) is 5.69 Å². The fourth-order valence-corrected chi connectivity index (χ4v) is 2.73. The molecule has 0 saturated heterocycles. The molecule has 0 unspecified atom stereocenters. The third-order valence-electron chi connectivity index (χ3n) is 3.36. The van der Waals surface area contributed by atoms with Crippen molar-refractivity contribution in [1.82, 2.24) is 15.2 Å². The van der Waals surface area contributed by atoms with Crippen LogP contribution in [0, 0.1) is 13.8 Å². The number of anilines is 1. The Hall–Kier alpha value is -1.82. The summed E-state index contributed by atoms with van der Waals surface area (Å²) in [6.07, 6.45) is 3.12. The van der Waals surface area contributed by atoms with Crippen LogP contribution >= 0.6 is 11.8 Å². The van der Waals surface area contributed by atoms with Crippen LogP contribution in [0.2, 0.25) is 0 Å². The zero-order chi connectivity index (χ0) is 15.9. The molecule has 1 aromatic carbocycles. The molecule has 0 saturated carbocycles. The average Bonchev–Trinajstić information content (AvgIpc) is 2.95. The Morgan fingerprint density at radius 1 is 1.32 bits per heavy atom. The van der Waals surface area contributed by atoms with E-state index in [-0.39, 0.29) is 5.91 Å². The lowest BCUT2D eigenvalue weighted by Crippen LogP contribution is -2.15. The number of thioether (sulfide) groups is 1. The minimum Gasteiger partial charge on any atom is -0.325 e. The number of nitrogens with zero attached hydrogens (tertiary/aromatic N) is 2. The number of aromatic nitrogens is 3. The number of carbonyl (C=O) groups excluding carboxylic acids is 1. The van der Waals surface area contributed by atoms with Gasteiger partial charge in [0, 0.05) is 12.1 Å². The van der Waals surface area contributed by atoms with Crippen LogP contribution in [0.25, 0.3) is 0 Å². The van der Waals surface area contributed by atoms with Crippen LogP contribution in [0.5, 0.6) is 0 Å². The molecule has 2 aromatic rings. The Bertz CT molecular complexity index is 619. The number of unbranched alkanes of at least 4 members (excludes halogenated alkanes) is 1. The van der Waals surface area contributed by atoms with E-state index in [1.165, 1.54) is 11.8 Å². The molecule has 6 heteroatoms. The van der Waals surface area contributed by atoms with Crippen molar-refractivity contribution in [1.29, 1.82) is 0 Å². The quantitative estimate of drug-likeness (QED) is 0.767. The second-order valence-electron chi connectivity index (χ2n) is 5.27. The zero-order valence-electron chi connectivity index (χ0n) is 13.3. The lowest BCUT2D eigenvalue weighted by Gasteiger charge is -2.10. The number of hydrogen-bond donors (Lipinski definition) is 2. The van der Waals surface area contributed by atoms with Gasteiger partial charge in [-0.25, -0.2) is 4.98 Å². The maximum atomic E-state index is 12.1. The van der Waals surface area contributed by atoms with Crippen LogP contribution in [0.3, 0.4) is 0 Å². The van der Waals surface area contributed by atoms with E-state index in [9.17, 15) is 4.79 Å². The highest BCUT2D eigenvalue weighted by Crippen LogP contribution is 2.20. The van der Waals surface area contributed by atoms with Crippen molar-refractivity contribution >= 4 is 23.4 Å². The van der Waals surface area contributed by atoms with Gasteiger partial charge in [-0.15, -0.1) is 5.10 Å². The molecule has 118 valence electrons. The van der Waals surface area contributed by atoms with E-state index in [0.717, 1.165) is 41.9 Å². The Morgan fingerprint density at radius 2 is 2.05 bits per heavy atom. The van der Waals surface area contributed by atoms with E-state index in [1.54, 1.807) is 0 Å². The highest BCUT2D eigenvalue weighted by Gasteiger charge is 2.10. The average molecular weight is 318 g/mol. The first-order valence-electron chi connectivity index (χ1n) is 7.50. The second kappa shape index (κ2) is 7.98. The van der Waals surface area contributed by atoms with Crippen molar-refractivity contribution in [3.8, 4) is 0 Å². The van der Waals surface area contributed by atoms with Crippen LogP contribution in [0.15, 0.2) is 23.4 Å². The second-order valence-corrected chi connectivity index (χ2v) is 6.21. The monoisotopic (exact) mass is 318 g/mol. The summed E-state index contributed by atoms with van der Waals surface area (Å²) in [7, 11) is 0. The first kappa shape index (κ1) is 16.5. The first-order chi connectivity index (χ1) is 10.6. The van der Waals surface area contributed by atoms with Gasteiger partial charge in [0.2, 0.25) is 11.1 Å². The summed E-state index contributed by atoms with van der Waals surface area (Å²) in [5.74, 6) is 1.15. The molecule has 22 heavy (non-hydrogen) atoms. The van der Waals surface area contributed by atoms with Gasteiger partial charge in [0.15, 0.2) is 0 Å². The van der Waals surface area contributed by atoms with Gasteiger partial charge in [-0.3, -0.25) is 9.89 Å². The van der Waals surface area contributed by atoms with E-state index < -0.39 is 0 Å². The van der Waals surface area contributed by atoms with E-state index >= 15 is 0 Å². The molecular formula is C16H22N4OS. The number of H-pyrrole nitrogens is 1. The molecule has 0 aliphatic heterocycles. The molecule has 0 aliphatic rings. The summed E-state index contributed by atoms with van der Waals surface area (Å²) in [4.78, 5) is 16.4. The van der Waals surface area contributed by atoms with Gasteiger partial charge < -0.3 is 5.32 Å². The van der Waals surface area contributed by atoms with Crippen LogP contribution < -0.4 is 5.32 Å². The molecule has 2 N–H and O–H groups in total. The number of hydrogen-bond acceptors (Lipinski definition) is 4. The van der Waals surface area contributed by atoms with E-state index in [0.29, 0.717) is 10.9 Å². The first-order valence-corrected chi connectivity index (χ1v) is 8.49. The number of aryl methyl sites for hydroxylation is 3. The Balaban J connectivity index is 1.86. The van der Waals surface area contributed by atoms with Crippen molar-refractivity contribution in [3.63, 3.8) is 0 Å². The Morgan fingerprint density at radius 3 is 2.73 bits per heavy atom. The van der Waals surface area contributed by atoms with Crippen molar-refractivity contribution in [2.45, 2.75) is 45.2 Å². The van der Waals surface area contributed by atoms with Gasteiger partial charge in [0.05, 0.1) is 5.75 Å². The number of amides is 1. The number of carbonyl (C=O) groups is 1. The molecule has 0 fully saturated rings. The SMILES string of the molecule is CCCCc1nc(SCC(=O)Nc2c(C)cccc2C)n[nH]1. The van der Waals surface area contributed by atoms with Gasteiger partial charge in [-0.1, -0.05) is 43.3 Å². The smallest absolute Gasteiger partial charge is 0.234 e. The number of para-hydroxylation sites is 1. The molecule has 5 nitrogen and oxygen atoms in total. The summed E-state index contributed by atoms with van der Waals surface area (Å²) >= 11 is 1.35. The topological polar surface area (TPSA) is 70.7 Å². The van der Waals surface area contributed by atoms with Crippen molar-refractivity contribution in [2.75, 3.05) is 11.1 Å². The summed E-state index contributed by atoms with van der Waals surface area (Å²) in [6.45, 7) is 6.12. The molecule has 0 spiro atoms. The largest absolute Gasteiger partial charge is 0.325 e. The van der Waals surface area contributed by atoms with Gasteiger partial charge in [0.25, 0.3) is 0 Å². The summed E-state index contributed by atoms with van der Waals surface area (Å²) in [6, 6.07) is 5.97. The molecule has 1 aromatic heterocycles. The minimum absolute atomic E-state index is 0.0395. The van der Waals surface area contributed by atoms with Gasteiger partial charge in [-0.05, 0) is 31.4 Å². The number of rotatable bonds is 7. The van der Waals surface area contributed by atoms with Crippen molar-refractivity contribution < 1.29 is 4.79 Å². The molecule has 1 heterocycles. The highest BCUT2D eigenvalue weighted by atomic mass is 32.2. The van der Waals surface area contributed by atoms with E-state index in [1.807, 2.05) is 32.0 Å². The number of nitrogens with one attached hydrogen (secondary N) is 2. The van der Waals surface area contributed by atoms with E-state index in [2.05, 4.69) is 27.4 Å². The fraction of sp³-hybridized carbons (Fsp3) is 0.438. The molecule has 0 bridgehead atoms. The molecule has 1 amide bonds.